The zero-order valence-corrected chi connectivity index (χ0v) is 14.1. The first-order valence-corrected chi connectivity index (χ1v) is 7.93. The fourth-order valence-electron chi connectivity index (χ4n) is 2.61. The first-order chi connectivity index (χ1) is 11.6. The van der Waals surface area contributed by atoms with Crippen LogP contribution in [0.4, 0.5) is 0 Å². The molecule has 0 fully saturated rings. The van der Waals surface area contributed by atoms with Gasteiger partial charge in [0.05, 0.1) is 0 Å². The molecule has 0 spiro atoms. The average Bonchev–Trinajstić information content (AvgIpc) is 3.04. The van der Waals surface area contributed by atoms with Crippen molar-refractivity contribution in [2.75, 3.05) is 13.6 Å². The summed E-state index contributed by atoms with van der Waals surface area (Å²) in [6, 6.07) is 8.16. The van der Waals surface area contributed by atoms with Gasteiger partial charge in [0.2, 0.25) is 5.82 Å². The summed E-state index contributed by atoms with van der Waals surface area (Å²) in [4.78, 5) is 21.3. The lowest BCUT2D eigenvalue weighted by molar-refractivity contribution is -0.105. The third kappa shape index (κ3) is 3.42. The Morgan fingerprint density at radius 3 is 2.67 bits per heavy atom. The number of likely N-dealkylation sites (N-methyl/N-ethyl adjacent to an activating group) is 1. The van der Waals surface area contributed by atoms with Crippen molar-refractivity contribution >= 4 is 12.1 Å². The maximum atomic E-state index is 10.8. The van der Waals surface area contributed by atoms with Crippen molar-refractivity contribution in [2.45, 2.75) is 20.3 Å². The van der Waals surface area contributed by atoms with Crippen LogP contribution in [0.3, 0.4) is 0 Å². The van der Waals surface area contributed by atoms with E-state index in [1.807, 2.05) is 24.1 Å². The Morgan fingerprint density at radius 2 is 2.04 bits per heavy atom. The van der Waals surface area contributed by atoms with Crippen LogP contribution in [0.25, 0.3) is 11.5 Å². The summed E-state index contributed by atoms with van der Waals surface area (Å²) in [6.07, 6.45) is 3.39. The molecule has 0 saturated carbocycles. The van der Waals surface area contributed by atoms with E-state index < -0.39 is 0 Å². The molecular weight excluding hydrogens is 304 g/mol. The lowest BCUT2D eigenvalue weighted by Gasteiger charge is -2.21. The summed E-state index contributed by atoms with van der Waals surface area (Å²) in [5, 5.41) is 4.01. The maximum Gasteiger partial charge on any atom is 0.258 e. The fraction of sp³-hybridized carbons (Fsp3) is 0.333. The Bertz CT molecular complexity index is 788. The largest absolute Gasteiger partial charge is 0.352 e. The summed E-state index contributed by atoms with van der Waals surface area (Å²) < 4.78 is 5.37. The lowest BCUT2D eigenvalue weighted by atomic mass is 10.0. The second-order valence-electron chi connectivity index (χ2n) is 6.35. The van der Waals surface area contributed by atoms with Gasteiger partial charge in [0.1, 0.15) is 6.29 Å². The predicted octanol–water partition coefficient (Wildman–Crippen LogP) is 2.71. The van der Waals surface area contributed by atoms with Gasteiger partial charge in [-0.3, -0.25) is 4.79 Å². The minimum Gasteiger partial charge on any atom is -0.352 e. The smallest absolute Gasteiger partial charge is 0.258 e. The highest BCUT2D eigenvalue weighted by Crippen LogP contribution is 2.20. The summed E-state index contributed by atoms with van der Waals surface area (Å²) >= 11 is 0. The van der Waals surface area contributed by atoms with E-state index in [0.29, 0.717) is 35.6 Å². The molecule has 0 amide bonds. The average molecular weight is 324 g/mol. The van der Waals surface area contributed by atoms with Gasteiger partial charge in [-0.1, -0.05) is 31.1 Å². The van der Waals surface area contributed by atoms with Crippen LogP contribution in [-0.4, -0.2) is 40.8 Å². The van der Waals surface area contributed by atoms with E-state index in [2.05, 4.69) is 41.1 Å². The van der Waals surface area contributed by atoms with Gasteiger partial charge in [0.25, 0.3) is 5.89 Å². The van der Waals surface area contributed by atoms with Gasteiger partial charge in [0.15, 0.2) is 5.84 Å². The molecule has 1 aliphatic heterocycles. The van der Waals surface area contributed by atoms with Gasteiger partial charge in [0, 0.05) is 30.9 Å². The van der Waals surface area contributed by atoms with Crippen LogP contribution in [-0.2, 0) is 11.2 Å². The molecule has 24 heavy (non-hydrogen) atoms. The molecule has 2 heterocycles. The van der Waals surface area contributed by atoms with Crippen LogP contribution in [0, 0.1) is 5.92 Å². The molecule has 3 rings (SSSR count). The molecule has 6 heteroatoms. The number of nitrogens with zero attached hydrogens (tertiary/aromatic N) is 4. The van der Waals surface area contributed by atoms with Gasteiger partial charge < -0.3 is 9.42 Å². The molecular formula is C18H20N4O2. The standard InChI is InChI=1S/C18H20N4O2/c1-12(2)8-13-4-6-15(7-5-13)18-20-16(21-24-18)17-19-9-14(11-23)10-22(17)3/h4-7,9,11-12H,8,10H2,1-3H3. The van der Waals surface area contributed by atoms with Gasteiger partial charge in [-0.2, -0.15) is 4.98 Å². The van der Waals surface area contributed by atoms with Crippen LogP contribution in [0.2, 0.25) is 0 Å². The summed E-state index contributed by atoms with van der Waals surface area (Å²) in [7, 11) is 1.84. The van der Waals surface area contributed by atoms with E-state index in [4.69, 9.17) is 4.52 Å². The Balaban J connectivity index is 1.82. The first kappa shape index (κ1) is 16.1. The van der Waals surface area contributed by atoms with E-state index in [1.165, 1.54) is 5.56 Å². The van der Waals surface area contributed by atoms with Crippen molar-refractivity contribution in [1.29, 1.82) is 0 Å². The molecule has 0 radical (unpaired) electrons. The highest BCUT2D eigenvalue weighted by Gasteiger charge is 2.20. The number of rotatable bonds is 5. The van der Waals surface area contributed by atoms with Crippen molar-refractivity contribution < 1.29 is 9.32 Å². The number of aliphatic imine (C=N–C) groups is 1. The van der Waals surface area contributed by atoms with Crippen molar-refractivity contribution in [3.05, 3.63) is 47.4 Å². The van der Waals surface area contributed by atoms with Crippen LogP contribution < -0.4 is 0 Å². The normalized spacial score (nSPS) is 14.6. The molecule has 0 unspecified atom stereocenters. The van der Waals surface area contributed by atoms with Crippen molar-refractivity contribution in [1.82, 2.24) is 15.0 Å². The van der Waals surface area contributed by atoms with E-state index >= 15 is 0 Å². The number of benzene rings is 1. The molecule has 2 aromatic rings. The number of amidine groups is 1. The van der Waals surface area contributed by atoms with Crippen molar-refractivity contribution in [3.8, 4) is 11.5 Å². The first-order valence-electron chi connectivity index (χ1n) is 7.93. The number of carbonyl (C=O) groups excluding carboxylic acids is 1. The Hall–Kier alpha value is -2.76. The molecule has 6 nitrogen and oxygen atoms in total. The molecule has 0 saturated heterocycles. The zero-order chi connectivity index (χ0) is 17.1. The van der Waals surface area contributed by atoms with Crippen molar-refractivity contribution in [3.63, 3.8) is 0 Å². The predicted molar refractivity (Wildman–Crippen MR) is 91.6 cm³/mol. The van der Waals surface area contributed by atoms with Gasteiger partial charge in [-0.25, -0.2) is 4.99 Å². The Labute approximate surface area is 140 Å². The van der Waals surface area contributed by atoms with Gasteiger partial charge >= 0.3 is 0 Å². The third-order valence-corrected chi connectivity index (χ3v) is 3.76. The molecule has 1 aliphatic rings. The zero-order valence-electron chi connectivity index (χ0n) is 14.1. The van der Waals surface area contributed by atoms with Crippen LogP contribution in [0.1, 0.15) is 25.2 Å². The van der Waals surface area contributed by atoms with Crippen LogP contribution in [0.15, 0.2) is 45.6 Å². The van der Waals surface area contributed by atoms with Gasteiger partial charge in [-0.05, 0) is 30.0 Å². The van der Waals surface area contributed by atoms with Crippen LogP contribution >= 0.6 is 0 Å². The number of hydrogen-bond acceptors (Lipinski definition) is 6. The second kappa shape index (κ2) is 6.78. The highest BCUT2D eigenvalue weighted by atomic mass is 16.5. The van der Waals surface area contributed by atoms with E-state index in [0.717, 1.165) is 18.3 Å². The van der Waals surface area contributed by atoms with E-state index in [-0.39, 0.29) is 0 Å². The third-order valence-electron chi connectivity index (χ3n) is 3.76. The molecule has 0 N–H and O–H groups in total. The maximum absolute atomic E-state index is 10.8. The molecule has 124 valence electrons. The van der Waals surface area contributed by atoms with Crippen LogP contribution in [0.5, 0.6) is 0 Å². The SMILES string of the molecule is CC(C)Cc1ccc(-c2nc(C3=NC=C(C=O)CN3C)no2)cc1. The Kier molecular flexibility index (Phi) is 4.55. The van der Waals surface area contributed by atoms with Gasteiger partial charge in [-0.15, -0.1) is 0 Å². The molecule has 1 aromatic carbocycles. The molecule has 0 atom stereocenters. The fourth-order valence-corrected chi connectivity index (χ4v) is 2.61. The highest BCUT2D eigenvalue weighted by molar-refractivity contribution is 5.97. The number of aldehydes is 1. The minimum atomic E-state index is 0.417. The number of carbonyl (C=O) groups is 1. The molecule has 0 bridgehead atoms. The van der Waals surface area contributed by atoms with E-state index in [9.17, 15) is 4.79 Å². The van der Waals surface area contributed by atoms with Crippen molar-refractivity contribution in [2.24, 2.45) is 10.9 Å². The summed E-state index contributed by atoms with van der Waals surface area (Å²) in [5.74, 6) is 2.09. The topological polar surface area (TPSA) is 71.6 Å². The summed E-state index contributed by atoms with van der Waals surface area (Å²) in [6.45, 7) is 4.88. The summed E-state index contributed by atoms with van der Waals surface area (Å²) in [5.41, 5.74) is 2.78. The molecule has 0 aliphatic carbocycles. The minimum absolute atomic E-state index is 0.417. The Morgan fingerprint density at radius 1 is 1.29 bits per heavy atom. The quantitative estimate of drug-likeness (QED) is 0.791. The monoisotopic (exact) mass is 324 g/mol. The number of aromatic nitrogens is 2. The lowest BCUT2D eigenvalue weighted by Crippen LogP contribution is -2.32. The van der Waals surface area contributed by atoms with E-state index in [1.54, 1.807) is 6.20 Å². The second-order valence-corrected chi connectivity index (χ2v) is 6.35. The number of hydrogen-bond donors (Lipinski definition) is 0. The molecule has 1 aromatic heterocycles.